The SMILES string of the molecule is O=C(Cn1ncc2ncc(-c3cccc(C(F)(F)F)c3)cc21)N1CCCCC1. The van der Waals surface area contributed by atoms with E-state index in [0.29, 0.717) is 22.2 Å². The maximum absolute atomic E-state index is 13.0. The Balaban J connectivity index is 1.64. The number of carbonyl (C=O) groups is 1. The summed E-state index contributed by atoms with van der Waals surface area (Å²) in [4.78, 5) is 18.7. The van der Waals surface area contributed by atoms with E-state index < -0.39 is 11.7 Å². The van der Waals surface area contributed by atoms with Gasteiger partial charge in [0.1, 0.15) is 12.1 Å². The molecule has 5 nitrogen and oxygen atoms in total. The predicted octanol–water partition coefficient (Wildman–Crippen LogP) is 4.13. The van der Waals surface area contributed by atoms with Crippen LogP contribution in [-0.4, -0.2) is 38.7 Å². The normalized spacial score (nSPS) is 15.2. The zero-order valence-electron chi connectivity index (χ0n) is 15.1. The molecule has 146 valence electrons. The number of piperidine rings is 1. The van der Waals surface area contributed by atoms with Crippen LogP contribution in [0.4, 0.5) is 13.2 Å². The van der Waals surface area contributed by atoms with Gasteiger partial charge in [0.2, 0.25) is 5.91 Å². The van der Waals surface area contributed by atoms with Crippen LogP contribution in [-0.2, 0) is 17.5 Å². The molecule has 0 spiro atoms. The third-order valence-corrected chi connectivity index (χ3v) is 5.01. The molecule has 4 rings (SSSR count). The van der Waals surface area contributed by atoms with E-state index >= 15 is 0 Å². The van der Waals surface area contributed by atoms with Gasteiger partial charge < -0.3 is 4.90 Å². The van der Waals surface area contributed by atoms with Gasteiger partial charge in [0.25, 0.3) is 0 Å². The number of fused-ring (bicyclic) bond motifs is 1. The molecule has 3 aromatic rings. The molecule has 0 aliphatic carbocycles. The minimum absolute atomic E-state index is 0.00540. The minimum Gasteiger partial charge on any atom is -0.341 e. The van der Waals surface area contributed by atoms with Crippen molar-refractivity contribution in [2.24, 2.45) is 0 Å². The van der Waals surface area contributed by atoms with Crippen LogP contribution in [0.2, 0.25) is 0 Å². The van der Waals surface area contributed by atoms with Crippen LogP contribution >= 0.6 is 0 Å². The lowest BCUT2D eigenvalue weighted by atomic mass is 10.0. The second-order valence-electron chi connectivity index (χ2n) is 6.95. The maximum Gasteiger partial charge on any atom is 0.416 e. The molecule has 0 unspecified atom stereocenters. The molecule has 1 fully saturated rings. The molecule has 0 saturated carbocycles. The molecule has 1 aromatic carbocycles. The number of alkyl halides is 3. The van der Waals surface area contributed by atoms with E-state index in [1.165, 1.54) is 12.3 Å². The van der Waals surface area contributed by atoms with E-state index in [0.717, 1.165) is 44.5 Å². The number of benzene rings is 1. The van der Waals surface area contributed by atoms with E-state index in [1.807, 2.05) is 4.90 Å². The summed E-state index contributed by atoms with van der Waals surface area (Å²) in [6.07, 6.45) is 1.83. The Bertz CT molecular complexity index is 1010. The van der Waals surface area contributed by atoms with Crippen molar-refractivity contribution in [2.75, 3.05) is 13.1 Å². The molecular formula is C20H19F3N4O. The highest BCUT2D eigenvalue weighted by Crippen LogP contribution is 2.32. The summed E-state index contributed by atoms with van der Waals surface area (Å²) < 4.78 is 40.6. The van der Waals surface area contributed by atoms with Crippen LogP contribution in [0.1, 0.15) is 24.8 Å². The molecule has 2 aromatic heterocycles. The average Bonchev–Trinajstić information content (AvgIpc) is 3.10. The van der Waals surface area contributed by atoms with Crippen molar-refractivity contribution >= 4 is 16.9 Å². The van der Waals surface area contributed by atoms with Crippen molar-refractivity contribution in [1.29, 1.82) is 0 Å². The standard InChI is InChI=1S/C20H19F3N4O/c21-20(22,23)16-6-4-5-14(9-16)15-10-18-17(24-11-15)12-25-27(18)13-19(28)26-7-2-1-3-8-26/h4-6,9-12H,1-3,7-8,13H2. The van der Waals surface area contributed by atoms with Gasteiger partial charge in [0.15, 0.2) is 0 Å². The number of halogens is 3. The smallest absolute Gasteiger partial charge is 0.341 e. The van der Waals surface area contributed by atoms with Crippen molar-refractivity contribution < 1.29 is 18.0 Å². The molecule has 0 bridgehead atoms. The van der Waals surface area contributed by atoms with Gasteiger partial charge in [-0.25, -0.2) is 0 Å². The fourth-order valence-corrected chi connectivity index (χ4v) is 3.49. The second-order valence-corrected chi connectivity index (χ2v) is 6.95. The van der Waals surface area contributed by atoms with Crippen LogP contribution in [0.15, 0.2) is 42.7 Å². The van der Waals surface area contributed by atoms with Gasteiger partial charge >= 0.3 is 6.18 Å². The third-order valence-electron chi connectivity index (χ3n) is 5.01. The van der Waals surface area contributed by atoms with Gasteiger partial charge in [-0.1, -0.05) is 12.1 Å². The number of pyridine rings is 1. The highest BCUT2D eigenvalue weighted by atomic mass is 19.4. The Morgan fingerprint density at radius 1 is 1.04 bits per heavy atom. The Morgan fingerprint density at radius 2 is 1.82 bits per heavy atom. The zero-order valence-corrected chi connectivity index (χ0v) is 15.1. The summed E-state index contributed by atoms with van der Waals surface area (Å²) in [5, 5.41) is 4.25. The van der Waals surface area contributed by atoms with Crippen molar-refractivity contribution in [3.05, 3.63) is 48.3 Å². The van der Waals surface area contributed by atoms with Crippen molar-refractivity contribution in [3.63, 3.8) is 0 Å². The molecule has 1 amide bonds. The number of hydrogen-bond donors (Lipinski definition) is 0. The highest BCUT2D eigenvalue weighted by molar-refractivity contribution is 5.83. The number of nitrogens with zero attached hydrogens (tertiary/aromatic N) is 4. The molecule has 0 radical (unpaired) electrons. The molecule has 28 heavy (non-hydrogen) atoms. The fraction of sp³-hybridized carbons (Fsp3) is 0.350. The monoisotopic (exact) mass is 388 g/mol. The lowest BCUT2D eigenvalue weighted by molar-refractivity contribution is -0.137. The molecular weight excluding hydrogens is 369 g/mol. The van der Waals surface area contributed by atoms with E-state index in [2.05, 4.69) is 10.1 Å². The van der Waals surface area contributed by atoms with Crippen molar-refractivity contribution in [1.82, 2.24) is 19.7 Å². The number of likely N-dealkylation sites (tertiary alicyclic amines) is 1. The van der Waals surface area contributed by atoms with Crippen LogP contribution in [0.3, 0.4) is 0 Å². The Labute approximate surface area is 159 Å². The Hall–Kier alpha value is -2.90. The first-order valence-corrected chi connectivity index (χ1v) is 9.19. The zero-order chi connectivity index (χ0) is 19.7. The lowest BCUT2D eigenvalue weighted by Crippen LogP contribution is -2.37. The molecule has 1 aliphatic rings. The van der Waals surface area contributed by atoms with E-state index in [1.54, 1.807) is 23.0 Å². The number of carbonyl (C=O) groups excluding carboxylic acids is 1. The topological polar surface area (TPSA) is 51.0 Å². The van der Waals surface area contributed by atoms with Gasteiger partial charge in [0.05, 0.1) is 17.3 Å². The summed E-state index contributed by atoms with van der Waals surface area (Å²) in [6, 6.07) is 6.85. The van der Waals surface area contributed by atoms with Gasteiger partial charge in [-0.15, -0.1) is 0 Å². The molecule has 0 N–H and O–H groups in total. The maximum atomic E-state index is 13.0. The molecule has 1 aliphatic heterocycles. The molecule has 0 atom stereocenters. The molecule has 1 saturated heterocycles. The van der Waals surface area contributed by atoms with E-state index in [4.69, 9.17) is 0 Å². The summed E-state index contributed by atoms with van der Waals surface area (Å²) in [7, 11) is 0. The number of rotatable bonds is 3. The first-order chi connectivity index (χ1) is 13.4. The number of aromatic nitrogens is 3. The van der Waals surface area contributed by atoms with Gasteiger partial charge in [-0.2, -0.15) is 18.3 Å². The summed E-state index contributed by atoms with van der Waals surface area (Å²) in [5.74, 6) is -0.00540. The van der Waals surface area contributed by atoms with Crippen LogP contribution in [0.5, 0.6) is 0 Å². The Kier molecular flexibility index (Phi) is 4.78. The van der Waals surface area contributed by atoms with Crippen LogP contribution in [0.25, 0.3) is 22.2 Å². The van der Waals surface area contributed by atoms with Gasteiger partial charge in [0, 0.05) is 24.8 Å². The first-order valence-electron chi connectivity index (χ1n) is 9.19. The summed E-state index contributed by atoms with van der Waals surface area (Å²) >= 11 is 0. The Morgan fingerprint density at radius 3 is 2.57 bits per heavy atom. The quantitative estimate of drug-likeness (QED) is 0.678. The summed E-state index contributed by atoms with van der Waals surface area (Å²) in [6.45, 7) is 1.61. The molecule has 3 heterocycles. The second kappa shape index (κ2) is 7.26. The first kappa shape index (κ1) is 18.5. The minimum atomic E-state index is -4.41. The van der Waals surface area contributed by atoms with E-state index in [9.17, 15) is 18.0 Å². The fourth-order valence-electron chi connectivity index (χ4n) is 3.49. The van der Waals surface area contributed by atoms with Crippen molar-refractivity contribution in [2.45, 2.75) is 32.0 Å². The number of amides is 1. The average molecular weight is 388 g/mol. The van der Waals surface area contributed by atoms with Gasteiger partial charge in [-0.3, -0.25) is 14.5 Å². The van der Waals surface area contributed by atoms with Crippen LogP contribution < -0.4 is 0 Å². The highest BCUT2D eigenvalue weighted by Gasteiger charge is 2.30. The van der Waals surface area contributed by atoms with Crippen molar-refractivity contribution in [3.8, 4) is 11.1 Å². The largest absolute Gasteiger partial charge is 0.416 e. The predicted molar refractivity (Wildman–Crippen MR) is 98.4 cm³/mol. The molecule has 8 heteroatoms. The summed E-state index contributed by atoms with van der Waals surface area (Å²) in [5.41, 5.74) is 1.48. The van der Waals surface area contributed by atoms with Crippen LogP contribution in [0, 0.1) is 0 Å². The lowest BCUT2D eigenvalue weighted by Gasteiger charge is -2.26. The third kappa shape index (κ3) is 3.72. The van der Waals surface area contributed by atoms with Gasteiger partial charge in [-0.05, 0) is 43.0 Å². The van der Waals surface area contributed by atoms with E-state index in [-0.39, 0.29) is 12.5 Å². The number of hydrogen-bond acceptors (Lipinski definition) is 3.